The average molecular weight is 341 g/mol. The third-order valence-electron chi connectivity index (χ3n) is 4.42. The zero-order valence-electron chi connectivity index (χ0n) is 13.5. The number of hydrogen-bond donors (Lipinski definition) is 2. The molecule has 0 unspecified atom stereocenters. The molecule has 0 aromatic carbocycles. The Morgan fingerprint density at radius 1 is 1.42 bits per heavy atom. The van der Waals surface area contributed by atoms with Gasteiger partial charge in [0.25, 0.3) is 5.91 Å². The van der Waals surface area contributed by atoms with Crippen molar-refractivity contribution < 1.29 is 4.79 Å². The van der Waals surface area contributed by atoms with Gasteiger partial charge in [0.15, 0.2) is 5.69 Å². The molecule has 4 heterocycles. The molecule has 0 spiro atoms. The molecular formula is C17H19N5OS. The van der Waals surface area contributed by atoms with Crippen molar-refractivity contribution in [3.05, 3.63) is 47.0 Å². The maximum absolute atomic E-state index is 12.8. The number of aromatic nitrogens is 4. The fourth-order valence-corrected chi connectivity index (χ4v) is 4.02. The number of aryl methyl sites for hydroxylation is 1. The quantitative estimate of drug-likeness (QED) is 0.768. The summed E-state index contributed by atoms with van der Waals surface area (Å²) in [5, 5.41) is 7.22. The van der Waals surface area contributed by atoms with Crippen molar-refractivity contribution >= 4 is 17.2 Å². The molecule has 0 aliphatic carbocycles. The van der Waals surface area contributed by atoms with Crippen molar-refractivity contribution in [2.45, 2.75) is 25.7 Å². The van der Waals surface area contributed by atoms with Gasteiger partial charge in [-0.1, -0.05) is 0 Å². The molecule has 4 rings (SSSR count). The lowest BCUT2D eigenvalue weighted by atomic mass is 9.97. The van der Waals surface area contributed by atoms with Gasteiger partial charge >= 0.3 is 0 Å². The Balaban J connectivity index is 1.50. The lowest BCUT2D eigenvalue weighted by Crippen LogP contribution is -2.39. The predicted molar refractivity (Wildman–Crippen MR) is 93.1 cm³/mol. The topological polar surface area (TPSA) is 77.7 Å². The van der Waals surface area contributed by atoms with E-state index in [0.717, 1.165) is 35.8 Å². The Morgan fingerprint density at radius 3 is 3.08 bits per heavy atom. The standard InChI is InChI=1S/C17H19N5OS/c1-11-4-5-15(24-11)13-9-14(21-20-13)17(23)22-8-2-3-12(10-22)16-18-6-7-19-16/h4-7,9,12H,2-3,8,10H2,1H3,(H,18,19)(H,20,21)/t12-/m0/s1. The van der Waals surface area contributed by atoms with Crippen LogP contribution in [0.1, 0.15) is 39.9 Å². The van der Waals surface area contributed by atoms with Gasteiger partial charge in [0.1, 0.15) is 5.82 Å². The summed E-state index contributed by atoms with van der Waals surface area (Å²) in [7, 11) is 0. The lowest BCUT2D eigenvalue weighted by molar-refractivity contribution is 0.0699. The normalized spacial score (nSPS) is 18.0. The molecule has 0 radical (unpaired) electrons. The van der Waals surface area contributed by atoms with Gasteiger partial charge in [-0.25, -0.2) is 4.98 Å². The first-order chi connectivity index (χ1) is 11.7. The molecule has 6 nitrogen and oxygen atoms in total. The SMILES string of the molecule is Cc1ccc(-c2cc(C(=O)N3CCC[C@H](c4ncc[nH]4)C3)n[nH]2)s1. The van der Waals surface area contributed by atoms with E-state index in [1.54, 1.807) is 17.5 Å². The van der Waals surface area contributed by atoms with Crippen LogP contribution in [0.25, 0.3) is 10.6 Å². The molecule has 3 aromatic heterocycles. The summed E-state index contributed by atoms with van der Waals surface area (Å²) in [5.41, 5.74) is 1.38. The molecule has 7 heteroatoms. The molecule has 1 aliphatic rings. The largest absolute Gasteiger partial charge is 0.348 e. The summed E-state index contributed by atoms with van der Waals surface area (Å²) in [6, 6.07) is 5.97. The maximum Gasteiger partial charge on any atom is 0.274 e. The summed E-state index contributed by atoms with van der Waals surface area (Å²) in [6.45, 7) is 3.53. The number of carbonyl (C=O) groups is 1. The summed E-state index contributed by atoms with van der Waals surface area (Å²) in [4.78, 5) is 24.5. The fourth-order valence-electron chi connectivity index (χ4n) is 3.18. The van der Waals surface area contributed by atoms with Crippen LogP contribution in [0.3, 0.4) is 0 Å². The highest BCUT2D eigenvalue weighted by atomic mass is 32.1. The Kier molecular flexibility index (Phi) is 3.93. The Morgan fingerprint density at radius 2 is 2.33 bits per heavy atom. The van der Waals surface area contributed by atoms with E-state index in [9.17, 15) is 4.79 Å². The molecule has 1 aliphatic heterocycles. The molecule has 24 heavy (non-hydrogen) atoms. The van der Waals surface area contributed by atoms with E-state index in [4.69, 9.17) is 0 Å². The van der Waals surface area contributed by atoms with Crippen molar-refractivity contribution in [2.24, 2.45) is 0 Å². The fraction of sp³-hybridized carbons (Fsp3) is 0.353. The van der Waals surface area contributed by atoms with Gasteiger partial charge in [-0.05, 0) is 38.0 Å². The Bertz CT molecular complexity index is 835. The molecule has 2 N–H and O–H groups in total. The van der Waals surface area contributed by atoms with Crippen LogP contribution >= 0.6 is 11.3 Å². The maximum atomic E-state index is 12.8. The summed E-state index contributed by atoms with van der Waals surface area (Å²) >= 11 is 1.69. The van der Waals surface area contributed by atoms with Crippen LogP contribution in [-0.2, 0) is 0 Å². The van der Waals surface area contributed by atoms with Crippen LogP contribution in [-0.4, -0.2) is 44.1 Å². The molecular weight excluding hydrogens is 322 g/mol. The van der Waals surface area contributed by atoms with E-state index in [0.29, 0.717) is 12.2 Å². The Labute approximate surface area is 143 Å². The van der Waals surface area contributed by atoms with Crippen molar-refractivity contribution in [3.8, 4) is 10.6 Å². The first-order valence-electron chi connectivity index (χ1n) is 8.11. The monoisotopic (exact) mass is 341 g/mol. The first-order valence-corrected chi connectivity index (χ1v) is 8.93. The molecule has 124 valence electrons. The van der Waals surface area contributed by atoms with Gasteiger partial charge in [0.2, 0.25) is 0 Å². The third kappa shape index (κ3) is 2.87. The predicted octanol–water partition coefficient (Wildman–Crippen LogP) is 3.19. The van der Waals surface area contributed by atoms with Crippen LogP contribution in [0, 0.1) is 6.92 Å². The summed E-state index contributed by atoms with van der Waals surface area (Å²) in [6.07, 6.45) is 5.63. The van der Waals surface area contributed by atoms with Gasteiger partial charge in [0, 0.05) is 36.3 Å². The lowest BCUT2D eigenvalue weighted by Gasteiger charge is -2.31. The number of nitrogens with zero attached hydrogens (tertiary/aromatic N) is 3. The van der Waals surface area contributed by atoms with E-state index in [1.165, 1.54) is 4.88 Å². The van der Waals surface area contributed by atoms with Crippen molar-refractivity contribution in [3.63, 3.8) is 0 Å². The number of aromatic amines is 2. The number of piperidine rings is 1. The van der Waals surface area contributed by atoms with E-state index < -0.39 is 0 Å². The molecule has 3 aromatic rings. The second-order valence-electron chi connectivity index (χ2n) is 6.14. The van der Waals surface area contributed by atoms with Gasteiger partial charge in [0.05, 0.1) is 10.6 Å². The van der Waals surface area contributed by atoms with E-state index in [1.807, 2.05) is 17.2 Å². The number of hydrogen-bond acceptors (Lipinski definition) is 4. The number of amides is 1. The zero-order chi connectivity index (χ0) is 16.5. The Hall–Kier alpha value is -2.41. The van der Waals surface area contributed by atoms with Crippen molar-refractivity contribution in [2.75, 3.05) is 13.1 Å². The number of nitrogens with one attached hydrogen (secondary N) is 2. The second kappa shape index (κ2) is 6.24. The number of carbonyl (C=O) groups excluding carboxylic acids is 1. The number of H-pyrrole nitrogens is 2. The smallest absolute Gasteiger partial charge is 0.274 e. The van der Waals surface area contributed by atoms with Crippen LogP contribution in [0.2, 0.25) is 0 Å². The number of likely N-dealkylation sites (tertiary alicyclic amines) is 1. The third-order valence-corrected chi connectivity index (χ3v) is 5.45. The van der Waals surface area contributed by atoms with E-state index in [-0.39, 0.29) is 11.8 Å². The van der Waals surface area contributed by atoms with E-state index >= 15 is 0 Å². The first kappa shape index (κ1) is 15.1. The minimum absolute atomic E-state index is 0.0120. The van der Waals surface area contributed by atoms with Crippen LogP contribution in [0.15, 0.2) is 30.6 Å². The minimum atomic E-state index is -0.0120. The van der Waals surface area contributed by atoms with E-state index in [2.05, 4.69) is 39.2 Å². The van der Waals surface area contributed by atoms with Crippen LogP contribution < -0.4 is 0 Å². The highest BCUT2D eigenvalue weighted by Gasteiger charge is 2.28. The zero-order valence-corrected chi connectivity index (χ0v) is 14.3. The van der Waals surface area contributed by atoms with Crippen molar-refractivity contribution in [1.29, 1.82) is 0 Å². The second-order valence-corrected chi connectivity index (χ2v) is 7.43. The molecule has 1 amide bonds. The molecule has 1 fully saturated rings. The van der Waals surface area contributed by atoms with Gasteiger partial charge < -0.3 is 9.88 Å². The molecule has 0 saturated carbocycles. The minimum Gasteiger partial charge on any atom is -0.348 e. The van der Waals surface area contributed by atoms with Gasteiger partial charge in [-0.2, -0.15) is 5.10 Å². The summed E-state index contributed by atoms with van der Waals surface area (Å²) in [5.74, 6) is 1.22. The van der Waals surface area contributed by atoms with Gasteiger partial charge in [-0.15, -0.1) is 11.3 Å². The number of rotatable bonds is 3. The summed E-state index contributed by atoms with van der Waals surface area (Å²) < 4.78 is 0. The van der Waals surface area contributed by atoms with Crippen molar-refractivity contribution in [1.82, 2.24) is 25.1 Å². The number of thiophene rings is 1. The molecule has 0 bridgehead atoms. The molecule has 1 saturated heterocycles. The number of imidazole rings is 1. The van der Waals surface area contributed by atoms with Crippen LogP contribution in [0.4, 0.5) is 0 Å². The highest BCUT2D eigenvalue weighted by molar-refractivity contribution is 7.15. The van der Waals surface area contributed by atoms with Gasteiger partial charge in [-0.3, -0.25) is 9.89 Å². The molecule has 1 atom stereocenters. The highest BCUT2D eigenvalue weighted by Crippen LogP contribution is 2.28. The average Bonchev–Trinajstić information content (AvgIpc) is 3.35. The van der Waals surface area contributed by atoms with Crippen LogP contribution in [0.5, 0.6) is 0 Å².